The average Bonchev–Trinajstić information content (AvgIpc) is 3.24. The second-order valence-corrected chi connectivity index (χ2v) is 8.84. The smallest absolute Gasteiger partial charge is 0.303 e. The molecule has 3 rings (SSSR count). The summed E-state index contributed by atoms with van der Waals surface area (Å²) in [6.07, 6.45) is -0.593. The first kappa shape index (κ1) is 27.1. The van der Waals surface area contributed by atoms with E-state index in [0.717, 1.165) is 22.9 Å². The molecule has 1 aromatic heterocycles. The van der Waals surface area contributed by atoms with Crippen LogP contribution in [0, 0.1) is 23.0 Å². The van der Waals surface area contributed by atoms with Gasteiger partial charge in [-0.05, 0) is 37.4 Å². The molecular formula is C22H20F2N4O6S. The maximum absolute atomic E-state index is 14.3. The summed E-state index contributed by atoms with van der Waals surface area (Å²) < 4.78 is 55.0. The number of carboxylic acid groups (broad SMARTS) is 2. The third-order valence-corrected chi connectivity index (χ3v) is 6.04. The lowest BCUT2D eigenvalue weighted by atomic mass is 10.2. The summed E-state index contributed by atoms with van der Waals surface area (Å²) in [5.74, 6) is -3.70. The zero-order valence-electron chi connectivity index (χ0n) is 18.3. The molecule has 184 valence electrons. The molecule has 0 unspecified atom stereocenters. The van der Waals surface area contributed by atoms with Crippen LogP contribution >= 0.6 is 0 Å². The predicted molar refractivity (Wildman–Crippen MR) is 117 cm³/mol. The lowest BCUT2D eigenvalue weighted by molar-refractivity contribution is -0.143. The van der Waals surface area contributed by atoms with Gasteiger partial charge in [0.1, 0.15) is 17.3 Å². The van der Waals surface area contributed by atoms with Gasteiger partial charge in [0.15, 0.2) is 5.03 Å². The Morgan fingerprint density at radius 2 is 1.74 bits per heavy atom. The highest BCUT2D eigenvalue weighted by molar-refractivity contribution is 7.91. The fraction of sp³-hybridized carbons (Fsp3) is 0.182. The molecule has 35 heavy (non-hydrogen) atoms. The third kappa shape index (κ3) is 7.16. The molecule has 10 nitrogen and oxygen atoms in total. The second kappa shape index (κ2) is 11.8. The molecule has 0 atom stereocenters. The van der Waals surface area contributed by atoms with Gasteiger partial charge in [0, 0.05) is 18.7 Å². The quantitative estimate of drug-likeness (QED) is 0.417. The van der Waals surface area contributed by atoms with E-state index in [0.29, 0.717) is 5.69 Å². The van der Waals surface area contributed by atoms with Crippen molar-refractivity contribution in [2.75, 3.05) is 7.05 Å². The number of nitriles is 1. The molecule has 13 heteroatoms. The van der Waals surface area contributed by atoms with Gasteiger partial charge in [-0.15, -0.1) is 0 Å². The van der Waals surface area contributed by atoms with Crippen molar-refractivity contribution in [3.8, 4) is 11.8 Å². The topological polar surface area (TPSA) is 162 Å². The number of nitrogens with one attached hydrogen (secondary N) is 1. The number of halogens is 2. The normalized spacial score (nSPS) is 10.7. The molecule has 3 aromatic rings. The van der Waals surface area contributed by atoms with E-state index in [4.69, 9.17) is 15.5 Å². The van der Waals surface area contributed by atoms with E-state index in [1.807, 2.05) is 6.07 Å². The number of sulfone groups is 1. The van der Waals surface area contributed by atoms with Crippen molar-refractivity contribution in [1.82, 2.24) is 15.1 Å². The van der Waals surface area contributed by atoms with Crippen molar-refractivity contribution >= 4 is 21.8 Å². The van der Waals surface area contributed by atoms with E-state index in [2.05, 4.69) is 10.4 Å². The molecule has 0 aliphatic heterocycles. The van der Waals surface area contributed by atoms with Crippen LogP contribution in [0.2, 0.25) is 0 Å². The zero-order valence-corrected chi connectivity index (χ0v) is 19.1. The standard InChI is InChI=1S/C18H14F2N4O2S.C4H6O4/c1-22-11-14-9-18(24(23-14)17-8-13(19)5-6-16(17)20)27(25,26)15-4-2-3-12(7-15)10-21;5-3(6)1-2-4(7)8/h2-9,22H,11H2,1H3;1-2H2,(H,5,6)(H,7,8). The Balaban J connectivity index is 0.000000466. The molecular weight excluding hydrogens is 486 g/mol. The highest BCUT2D eigenvalue weighted by atomic mass is 32.2. The van der Waals surface area contributed by atoms with E-state index >= 15 is 0 Å². The fourth-order valence-corrected chi connectivity index (χ4v) is 4.20. The molecule has 0 spiro atoms. The highest BCUT2D eigenvalue weighted by Gasteiger charge is 2.26. The van der Waals surface area contributed by atoms with Crippen LogP contribution in [0.5, 0.6) is 0 Å². The van der Waals surface area contributed by atoms with Gasteiger partial charge in [0.05, 0.1) is 35.1 Å². The molecule has 0 saturated carbocycles. The number of nitrogens with zero attached hydrogens (tertiary/aromatic N) is 3. The minimum absolute atomic E-state index is 0.143. The number of aliphatic carboxylic acids is 2. The molecule has 0 radical (unpaired) electrons. The van der Waals surface area contributed by atoms with Crippen LogP contribution in [-0.4, -0.2) is 47.4 Å². The summed E-state index contributed by atoms with van der Waals surface area (Å²) in [7, 11) is -2.50. The van der Waals surface area contributed by atoms with E-state index in [-0.39, 0.29) is 40.6 Å². The first-order valence-corrected chi connectivity index (χ1v) is 11.4. The van der Waals surface area contributed by atoms with Crippen LogP contribution in [0.1, 0.15) is 24.1 Å². The fourth-order valence-electron chi connectivity index (χ4n) is 2.76. The number of rotatable bonds is 8. The molecule has 1 heterocycles. The zero-order chi connectivity index (χ0) is 26.2. The molecule has 0 saturated heterocycles. The van der Waals surface area contributed by atoms with Gasteiger partial charge in [-0.1, -0.05) is 6.07 Å². The van der Waals surface area contributed by atoms with Gasteiger partial charge in [-0.2, -0.15) is 10.4 Å². The van der Waals surface area contributed by atoms with E-state index in [1.165, 1.54) is 30.3 Å². The molecule has 0 aliphatic carbocycles. The lowest BCUT2D eigenvalue weighted by Crippen LogP contribution is -2.12. The lowest BCUT2D eigenvalue weighted by Gasteiger charge is -2.10. The number of aromatic nitrogens is 2. The van der Waals surface area contributed by atoms with Crippen LogP contribution in [0.4, 0.5) is 8.78 Å². The number of hydrogen-bond acceptors (Lipinski definition) is 7. The van der Waals surface area contributed by atoms with Crippen molar-refractivity contribution in [3.05, 3.63) is 71.4 Å². The largest absolute Gasteiger partial charge is 0.481 e. The van der Waals surface area contributed by atoms with Gasteiger partial charge in [0.25, 0.3) is 0 Å². The molecule has 0 amide bonds. The first-order chi connectivity index (χ1) is 16.5. The molecule has 0 fully saturated rings. The van der Waals surface area contributed by atoms with Crippen LogP contribution in [0.15, 0.2) is 58.5 Å². The molecule has 3 N–H and O–H groups in total. The summed E-state index contributed by atoms with van der Waals surface area (Å²) in [4.78, 5) is 19.1. The Hall–Kier alpha value is -4.15. The van der Waals surface area contributed by atoms with Gasteiger partial charge in [-0.3, -0.25) is 9.59 Å². The number of carbonyl (C=O) groups is 2. The van der Waals surface area contributed by atoms with Crippen molar-refractivity contribution in [1.29, 1.82) is 5.26 Å². The Bertz CT molecular complexity index is 1370. The third-order valence-electron chi connectivity index (χ3n) is 4.32. The van der Waals surface area contributed by atoms with Gasteiger partial charge >= 0.3 is 11.9 Å². The molecule has 2 aromatic carbocycles. The Morgan fingerprint density at radius 3 is 2.31 bits per heavy atom. The minimum Gasteiger partial charge on any atom is -0.481 e. The number of hydrogen-bond donors (Lipinski definition) is 3. The van der Waals surface area contributed by atoms with Crippen LogP contribution in [0.3, 0.4) is 0 Å². The predicted octanol–water partition coefficient (Wildman–Crippen LogP) is 2.51. The van der Waals surface area contributed by atoms with Gasteiger partial charge in [0.2, 0.25) is 9.84 Å². The monoisotopic (exact) mass is 506 g/mol. The maximum atomic E-state index is 14.3. The summed E-state index contributed by atoms with van der Waals surface area (Å²) >= 11 is 0. The first-order valence-electron chi connectivity index (χ1n) is 9.87. The van der Waals surface area contributed by atoms with Crippen LogP contribution in [-0.2, 0) is 26.0 Å². The Morgan fingerprint density at radius 1 is 1.09 bits per heavy atom. The van der Waals surface area contributed by atoms with Gasteiger partial charge < -0.3 is 15.5 Å². The van der Waals surface area contributed by atoms with E-state index in [9.17, 15) is 26.8 Å². The molecule has 0 aliphatic rings. The van der Waals surface area contributed by atoms with Crippen molar-refractivity contribution in [2.24, 2.45) is 0 Å². The summed E-state index contributed by atoms with van der Waals surface area (Å²) in [5.41, 5.74) is 0.165. The summed E-state index contributed by atoms with van der Waals surface area (Å²) in [6, 6.07) is 11.3. The average molecular weight is 506 g/mol. The summed E-state index contributed by atoms with van der Waals surface area (Å²) in [5, 5.41) is 31.4. The van der Waals surface area contributed by atoms with Gasteiger partial charge in [-0.25, -0.2) is 21.9 Å². The highest BCUT2D eigenvalue weighted by Crippen LogP contribution is 2.26. The molecule has 0 bridgehead atoms. The minimum atomic E-state index is -4.15. The van der Waals surface area contributed by atoms with Crippen molar-refractivity contribution < 1.29 is 37.0 Å². The van der Waals surface area contributed by atoms with Crippen LogP contribution in [0.25, 0.3) is 5.69 Å². The van der Waals surface area contributed by atoms with Crippen LogP contribution < -0.4 is 5.32 Å². The van der Waals surface area contributed by atoms with E-state index < -0.39 is 33.4 Å². The maximum Gasteiger partial charge on any atom is 0.303 e. The Labute approximate surface area is 199 Å². The Kier molecular flexibility index (Phi) is 9.15. The number of benzene rings is 2. The number of carboxylic acids is 2. The van der Waals surface area contributed by atoms with Crippen molar-refractivity contribution in [3.63, 3.8) is 0 Å². The SMILES string of the molecule is CNCc1cc(S(=O)(=O)c2cccc(C#N)c2)n(-c2cc(F)ccc2F)n1.O=C(O)CCC(=O)O. The van der Waals surface area contributed by atoms with E-state index in [1.54, 1.807) is 7.05 Å². The van der Waals surface area contributed by atoms with Crippen molar-refractivity contribution in [2.45, 2.75) is 29.3 Å². The summed E-state index contributed by atoms with van der Waals surface area (Å²) in [6.45, 7) is 0.227. The second-order valence-electron chi connectivity index (χ2n) is 6.94.